The molecule has 1 rings (SSSR count). The molecule has 23 heavy (non-hydrogen) atoms. The Kier molecular flexibility index (Phi) is 6.45. The minimum Gasteiger partial charge on any atom is -0.495 e. The number of methoxy groups -OCH3 is 1. The van der Waals surface area contributed by atoms with Crippen molar-refractivity contribution in [1.29, 1.82) is 0 Å². The average molecular weight is 342 g/mol. The largest absolute Gasteiger partial charge is 0.495 e. The van der Waals surface area contributed by atoms with Crippen LogP contribution in [0.4, 0.5) is 0 Å². The Morgan fingerprint density at radius 3 is 2.43 bits per heavy atom. The van der Waals surface area contributed by atoms with E-state index in [0.29, 0.717) is 17.2 Å². The van der Waals surface area contributed by atoms with E-state index in [2.05, 4.69) is 5.32 Å². The van der Waals surface area contributed by atoms with Gasteiger partial charge < -0.3 is 15.2 Å². The van der Waals surface area contributed by atoms with E-state index >= 15 is 0 Å². The van der Waals surface area contributed by atoms with Gasteiger partial charge in [-0.15, -0.1) is 0 Å². The molecule has 0 radical (unpaired) electrons. The molecule has 0 spiro atoms. The summed E-state index contributed by atoms with van der Waals surface area (Å²) in [5, 5.41) is 12.5. The van der Waals surface area contributed by atoms with Crippen LogP contribution in [-0.2, 0) is 16.0 Å². The van der Waals surface area contributed by atoms with E-state index in [1.165, 1.54) is 0 Å². The second kappa shape index (κ2) is 7.68. The number of hydrogen-bond donors (Lipinski definition) is 2. The molecule has 0 bridgehead atoms. The molecule has 128 valence electrons. The lowest BCUT2D eigenvalue weighted by Gasteiger charge is -2.29. The first kappa shape index (κ1) is 19.3. The van der Waals surface area contributed by atoms with Gasteiger partial charge in [0.05, 0.1) is 17.5 Å². The molecule has 1 amide bonds. The molecule has 1 aromatic carbocycles. The third-order valence-electron chi connectivity index (χ3n) is 4.20. The lowest BCUT2D eigenvalue weighted by atomic mass is 9.85. The van der Waals surface area contributed by atoms with Gasteiger partial charge in [0, 0.05) is 12.0 Å². The standard InChI is InChI=1S/C17H24ClNO4/c1-10(8-12-6-7-14(23-5)13(18)9-12)15(20)19-11(2)17(3,4)16(21)22/h6-7,9-11H,8H2,1-5H3,(H,19,20)(H,21,22)/t10-,11?/m1/s1. The summed E-state index contributed by atoms with van der Waals surface area (Å²) >= 11 is 6.08. The Labute approximate surface area is 142 Å². The third kappa shape index (κ3) is 4.86. The fourth-order valence-electron chi connectivity index (χ4n) is 2.00. The summed E-state index contributed by atoms with van der Waals surface area (Å²) < 4.78 is 5.10. The topological polar surface area (TPSA) is 75.6 Å². The number of carboxylic acids is 1. The van der Waals surface area contributed by atoms with Crippen molar-refractivity contribution in [2.75, 3.05) is 7.11 Å². The number of carboxylic acid groups (broad SMARTS) is 1. The molecule has 5 nitrogen and oxygen atoms in total. The van der Waals surface area contributed by atoms with Gasteiger partial charge in [-0.25, -0.2) is 0 Å². The van der Waals surface area contributed by atoms with Crippen molar-refractivity contribution >= 4 is 23.5 Å². The molecule has 0 aliphatic heterocycles. The van der Waals surface area contributed by atoms with E-state index in [0.717, 1.165) is 5.56 Å². The Hall–Kier alpha value is -1.75. The zero-order valence-electron chi connectivity index (χ0n) is 14.1. The van der Waals surface area contributed by atoms with Gasteiger partial charge in [-0.3, -0.25) is 9.59 Å². The van der Waals surface area contributed by atoms with Crippen LogP contribution in [0.3, 0.4) is 0 Å². The molecule has 0 saturated carbocycles. The predicted molar refractivity (Wildman–Crippen MR) is 89.9 cm³/mol. The summed E-state index contributed by atoms with van der Waals surface area (Å²) in [6, 6.07) is 4.92. The summed E-state index contributed by atoms with van der Waals surface area (Å²) in [5.41, 5.74) is -0.109. The number of hydrogen-bond acceptors (Lipinski definition) is 3. The molecule has 1 aromatic rings. The highest BCUT2D eigenvalue weighted by Gasteiger charge is 2.35. The number of amides is 1. The van der Waals surface area contributed by atoms with E-state index in [-0.39, 0.29) is 11.8 Å². The Morgan fingerprint density at radius 2 is 1.96 bits per heavy atom. The normalized spacial score (nSPS) is 14.0. The highest BCUT2D eigenvalue weighted by Crippen LogP contribution is 2.26. The molecule has 2 atom stereocenters. The monoisotopic (exact) mass is 341 g/mol. The molecule has 1 unspecified atom stereocenters. The van der Waals surface area contributed by atoms with Crippen molar-refractivity contribution in [3.8, 4) is 5.75 Å². The second-order valence-electron chi connectivity index (χ2n) is 6.33. The number of carbonyl (C=O) groups is 2. The summed E-state index contributed by atoms with van der Waals surface area (Å²) in [7, 11) is 1.54. The number of aliphatic carboxylic acids is 1. The number of ether oxygens (including phenoxy) is 1. The predicted octanol–water partition coefficient (Wildman–Crippen LogP) is 3.14. The van der Waals surface area contributed by atoms with E-state index in [9.17, 15) is 14.7 Å². The van der Waals surface area contributed by atoms with Crippen molar-refractivity contribution < 1.29 is 19.4 Å². The summed E-state index contributed by atoms with van der Waals surface area (Å²) in [6.45, 7) is 6.68. The van der Waals surface area contributed by atoms with Crippen LogP contribution in [0.5, 0.6) is 5.75 Å². The van der Waals surface area contributed by atoms with E-state index in [4.69, 9.17) is 16.3 Å². The van der Waals surface area contributed by atoms with Crippen LogP contribution in [0.15, 0.2) is 18.2 Å². The van der Waals surface area contributed by atoms with Gasteiger partial charge in [0.25, 0.3) is 0 Å². The van der Waals surface area contributed by atoms with Crippen molar-refractivity contribution in [3.63, 3.8) is 0 Å². The first-order valence-electron chi connectivity index (χ1n) is 7.45. The summed E-state index contributed by atoms with van der Waals surface area (Å²) in [6.07, 6.45) is 0.510. The number of carbonyl (C=O) groups excluding carboxylic acids is 1. The van der Waals surface area contributed by atoms with Crippen LogP contribution in [0.1, 0.15) is 33.3 Å². The number of halogens is 1. The van der Waals surface area contributed by atoms with Gasteiger partial charge in [0.1, 0.15) is 5.75 Å². The molecular formula is C17H24ClNO4. The molecule has 0 aliphatic carbocycles. The van der Waals surface area contributed by atoms with Crippen LogP contribution in [0, 0.1) is 11.3 Å². The lowest BCUT2D eigenvalue weighted by Crippen LogP contribution is -2.48. The third-order valence-corrected chi connectivity index (χ3v) is 4.49. The number of rotatable bonds is 7. The van der Waals surface area contributed by atoms with Gasteiger partial charge >= 0.3 is 5.97 Å². The zero-order valence-corrected chi connectivity index (χ0v) is 14.9. The molecule has 0 saturated heterocycles. The van der Waals surface area contributed by atoms with Crippen molar-refractivity contribution in [2.45, 2.75) is 40.2 Å². The van der Waals surface area contributed by atoms with Gasteiger partial charge in [0.15, 0.2) is 0 Å². The fraction of sp³-hybridized carbons (Fsp3) is 0.529. The summed E-state index contributed by atoms with van der Waals surface area (Å²) in [4.78, 5) is 23.5. The van der Waals surface area contributed by atoms with Crippen LogP contribution >= 0.6 is 11.6 Å². The number of benzene rings is 1. The summed E-state index contributed by atoms with van der Waals surface area (Å²) in [5.74, 6) is -0.838. The molecule has 0 aromatic heterocycles. The quantitative estimate of drug-likeness (QED) is 0.798. The average Bonchev–Trinajstić information content (AvgIpc) is 2.46. The first-order valence-corrected chi connectivity index (χ1v) is 7.83. The Morgan fingerprint density at radius 1 is 1.35 bits per heavy atom. The Balaban J connectivity index is 2.71. The van der Waals surface area contributed by atoms with E-state index in [1.807, 2.05) is 6.07 Å². The maximum Gasteiger partial charge on any atom is 0.311 e. The molecule has 2 N–H and O–H groups in total. The zero-order chi connectivity index (χ0) is 17.8. The highest BCUT2D eigenvalue weighted by atomic mass is 35.5. The minimum absolute atomic E-state index is 0.182. The maximum atomic E-state index is 12.3. The van der Waals surface area contributed by atoms with Crippen LogP contribution in [0.2, 0.25) is 5.02 Å². The van der Waals surface area contributed by atoms with Crippen molar-refractivity contribution in [1.82, 2.24) is 5.32 Å². The van der Waals surface area contributed by atoms with Gasteiger partial charge in [-0.2, -0.15) is 0 Å². The second-order valence-corrected chi connectivity index (χ2v) is 6.74. The smallest absolute Gasteiger partial charge is 0.311 e. The van der Waals surface area contributed by atoms with Gasteiger partial charge in [-0.05, 0) is 44.9 Å². The molecular weight excluding hydrogens is 318 g/mol. The number of nitrogens with one attached hydrogen (secondary N) is 1. The lowest BCUT2D eigenvalue weighted by molar-refractivity contribution is -0.148. The van der Waals surface area contributed by atoms with Crippen molar-refractivity contribution in [2.24, 2.45) is 11.3 Å². The maximum absolute atomic E-state index is 12.3. The fourth-order valence-corrected chi connectivity index (χ4v) is 2.28. The van der Waals surface area contributed by atoms with E-state index < -0.39 is 17.4 Å². The van der Waals surface area contributed by atoms with Gasteiger partial charge in [-0.1, -0.05) is 24.6 Å². The van der Waals surface area contributed by atoms with E-state index in [1.54, 1.807) is 46.9 Å². The highest BCUT2D eigenvalue weighted by molar-refractivity contribution is 6.32. The van der Waals surface area contributed by atoms with Gasteiger partial charge in [0.2, 0.25) is 5.91 Å². The molecule has 0 aliphatic rings. The molecule has 6 heteroatoms. The van der Waals surface area contributed by atoms with Crippen molar-refractivity contribution in [3.05, 3.63) is 28.8 Å². The SMILES string of the molecule is COc1ccc(C[C@@H](C)C(=O)NC(C)C(C)(C)C(=O)O)cc1Cl. The minimum atomic E-state index is -1.03. The van der Waals surface area contributed by atoms with Crippen LogP contribution < -0.4 is 10.1 Å². The molecule has 0 heterocycles. The first-order chi connectivity index (χ1) is 10.6. The van der Waals surface area contributed by atoms with Crippen LogP contribution in [0.25, 0.3) is 0 Å². The Bertz CT molecular complexity index is 586. The molecule has 0 fully saturated rings. The van der Waals surface area contributed by atoms with Crippen LogP contribution in [-0.4, -0.2) is 30.1 Å².